The Morgan fingerprint density at radius 2 is 2.05 bits per heavy atom. The van der Waals surface area contributed by atoms with Gasteiger partial charge in [0.05, 0.1) is 10.6 Å². The molecule has 0 fully saturated rings. The van der Waals surface area contributed by atoms with E-state index in [0.29, 0.717) is 5.56 Å². The van der Waals surface area contributed by atoms with E-state index in [9.17, 15) is 10.1 Å². The summed E-state index contributed by atoms with van der Waals surface area (Å²) in [6.45, 7) is 5.87. The van der Waals surface area contributed by atoms with E-state index >= 15 is 0 Å². The third-order valence-corrected chi connectivity index (χ3v) is 3.12. The minimum absolute atomic E-state index is 0.149. The minimum atomic E-state index is -0.343. The number of nitro benzene ring substituents is 1. The predicted molar refractivity (Wildman–Crippen MR) is 74.1 cm³/mol. The average Bonchev–Trinajstić information content (AvgIpc) is 2.71. The molecule has 0 N–H and O–H groups in total. The molecular weight excluding hydrogens is 242 g/mol. The molecule has 2 rings (SSSR count). The molecule has 0 radical (unpaired) electrons. The fraction of sp³-hybridized carbons (Fsp3) is 0.357. The molecule has 1 heterocycles. The Balaban J connectivity index is 2.59. The van der Waals surface area contributed by atoms with Crippen molar-refractivity contribution >= 4 is 5.69 Å². The summed E-state index contributed by atoms with van der Waals surface area (Å²) in [5.74, 6) is 0.275. The minimum Gasteiger partial charge on any atom is -0.275 e. The number of aryl methyl sites for hydroxylation is 2. The number of rotatable bonds is 3. The van der Waals surface area contributed by atoms with Crippen LogP contribution in [0.25, 0.3) is 11.1 Å². The van der Waals surface area contributed by atoms with Gasteiger partial charge in [-0.15, -0.1) is 0 Å². The van der Waals surface area contributed by atoms with Crippen LogP contribution in [0.4, 0.5) is 5.69 Å². The molecular formula is C14H17N3O2. The topological polar surface area (TPSA) is 61.0 Å². The van der Waals surface area contributed by atoms with E-state index in [1.54, 1.807) is 23.7 Å². The van der Waals surface area contributed by atoms with Crippen LogP contribution in [0.15, 0.2) is 24.4 Å². The highest BCUT2D eigenvalue weighted by molar-refractivity contribution is 5.69. The molecule has 0 aliphatic heterocycles. The summed E-state index contributed by atoms with van der Waals surface area (Å²) in [5.41, 5.74) is 3.58. The molecule has 0 spiro atoms. The van der Waals surface area contributed by atoms with E-state index in [-0.39, 0.29) is 16.5 Å². The van der Waals surface area contributed by atoms with Crippen molar-refractivity contribution in [2.75, 3.05) is 0 Å². The van der Waals surface area contributed by atoms with E-state index in [1.165, 1.54) is 0 Å². The third-order valence-electron chi connectivity index (χ3n) is 3.12. The maximum Gasteiger partial charge on any atom is 0.272 e. The highest BCUT2D eigenvalue weighted by atomic mass is 16.6. The van der Waals surface area contributed by atoms with Crippen LogP contribution in [0.1, 0.15) is 31.0 Å². The van der Waals surface area contributed by atoms with Gasteiger partial charge in [-0.2, -0.15) is 5.10 Å². The Labute approximate surface area is 112 Å². The first-order chi connectivity index (χ1) is 8.90. The van der Waals surface area contributed by atoms with E-state index in [1.807, 2.05) is 19.3 Å². The number of nitro groups is 1. The second kappa shape index (κ2) is 4.84. The van der Waals surface area contributed by atoms with Gasteiger partial charge in [0.15, 0.2) is 0 Å². The standard InChI is InChI=1S/C14H17N3O2/c1-9(2)14-12(8-16(4)15-14)11-6-5-10(3)13(7-11)17(18)19/h5-9H,1-4H3. The monoisotopic (exact) mass is 259 g/mol. The Morgan fingerprint density at radius 3 is 2.63 bits per heavy atom. The maximum atomic E-state index is 11.0. The zero-order valence-electron chi connectivity index (χ0n) is 11.5. The second-order valence-electron chi connectivity index (χ2n) is 5.01. The van der Waals surface area contributed by atoms with E-state index < -0.39 is 0 Å². The van der Waals surface area contributed by atoms with Gasteiger partial charge in [0.25, 0.3) is 5.69 Å². The van der Waals surface area contributed by atoms with Crippen LogP contribution in [0.2, 0.25) is 0 Å². The van der Waals surface area contributed by atoms with Crippen LogP contribution in [0.3, 0.4) is 0 Å². The molecule has 0 aliphatic rings. The number of benzene rings is 1. The molecule has 2 aromatic rings. The quantitative estimate of drug-likeness (QED) is 0.626. The van der Waals surface area contributed by atoms with E-state index in [0.717, 1.165) is 16.8 Å². The molecule has 5 nitrogen and oxygen atoms in total. The van der Waals surface area contributed by atoms with Crippen molar-refractivity contribution in [2.24, 2.45) is 7.05 Å². The molecule has 0 saturated heterocycles. The molecule has 0 bridgehead atoms. The molecule has 100 valence electrons. The molecule has 0 unspecified atom stereocenters. The summed E-state index contributed by atoms with van der Waals surface area (Å²) < 4.78 is 1.75. The normalized spacial score (nSPS) is 11.0. The molecule has 19 heavy (non-hydrogen) atoms. The SMILES string of the molecule is Cc1ccc(-c2cn(C)nc2C(C)C)cc1[N+](=O)[O-]. The molecule has 1 aromatic heterocycles. The number of aromatic nitrogens is 2. The molecule has 0 amide bonds. The first-order valence-corrected chi connectivity index (χ1v) is 6.19. The highest BCUT2D eigenvalue weighted by Crippen LogP contribution is 2.31. The summed E-state index contributed by atoms with van der Waals surface area (Å²) in [4.78, 5) is 10.7. The van der Waals surface area contributed by atoms with Crippen LogP contribution in [-0.4, -0.2) is 14.7 Å². The van der Waals surface area contributed by atoms with Crippen molar-refractivity contribution < 1.29 is 4.92 Å². The van der Waals surface area contributed by atoms with Crippen LogP contribution < -0.4 is 0 Å². The molecule has 1 aromatic carbocycles. The van der Waals surface area contributed by atoms with Gasteiger partial charge in [-0.05, 0) is 18.4 Å². The summed E-state index contributed by atoms with van der Waals surface area (Å²) in [5, 5.41) is 15.4. The summed E-state index contributed by atoms with van der Waals surface area (Å²) in [7, 11) is 1.86. The van der Waals surface area contributed by atoms with Crippen molar-refractivity contribution in [3.63, 3.8) is 0 Å². The fourth-order valence-corrected chi connectivity index (χ4v) is 2.13. The number of nitrogens with zero attached hydrogens (tertiary/aromatic N) is 3. The Bertz CT molecular complexity index is 630. The van der Waals surface area contributed by atoms with Gasteiger partial charge in [0.1, 0.15) is 0 Å². The van der Waals surface area contributed by atoms with Gasteiger partial charge in [-0.3, -0.25) is 14.8 Å². The largest absolute Gasteiger partial charge is 0.275 e. The van der Waals surface area contributed by atoms with Gasteiger partial charge < -0.3 is 0 Å². The lowest BCUT2D eigenvalue weighted by molar-refractivity contribution is -0.385. The summed E-state index contributed by atoms with van der Waals surface area (Å²) >= 11 is 0. The maximum absolute atomic E-state index is 11.0. The molecule has 0 aliphatic carbocycles. The smallest absolute Gasteiger partial charge is 0.272 e. The van der Waals surface area contributed by atoms with Crippen molar-refractivity contribution in [2.45, 2.75) is 26.7 Å². The summed E-state index contributed by atoms with van der Waals surface area (Å²) in [6.07, 6.45) is 1.91. The highest BCUT2D eigenvalue weighted by Gasteiger charge is 2.17. The van der Waals surface area contributed by atoms with E-state index in [2.05, 4.69) is 18.9 Å². The van der Waals surface area contributed by atoms with Crippen LogP contribution in [0.5, 0.6) is 0 Å². The molecule has 0 atom stereocenters. The van der Waals surface area contributed by atoms with Crippen molar-refractivity contribution in [3.8, 4) is 11.1 Å². The van der Waals surface area contributed by atoms with Crippen molar-refractivity contribution in [1.82, 2.24) is 9.78 Å². The summed E-state index contributed by atoms with van der Waals surface area (Å²) in [6, 6.07) is 5.31. The van der Waals surface area contributed by atoms with Crippen LogP contribution in [-0.2, 0) is 7.05 Å². The molecule has 0 saturated carbocycles. The van der Waals surface area contributed by atoms with Crippen molar-refractivity contribution in [3.05, 3.63) is 45.8 Å². The van der Waals surface area contributed by atoms with Crippen molar-refractivity contribution in [1.29, 1.82) is 0 Å². The Morgan fingerprint density at radius 1 is 1.37 bits per heavy atom. The van der Waals surface area contributed by atoms with E-state index in [4.69, 9.17) is 0 Å². The lowest BCUT2D eigenvalue weighted by Crippen LogP contribution is -1.95. The zero-order valence-corrected chi connectivity index (χ0v) is 11.5. The third kappa shape index (κ3) is 2.50. The van der Waals surface area contributed by atoms with Gasteiger partial charge in [-0.25, -0.2) is 0 Å². The van der Waals surface area contributed by atoms with Crippen LogP contribution >= 0.6 is 0 Å². The fourth-order valence-electron chi connectivity index (χ4n) is 2.13. The Kier molecular flexibility index (Phi) is 3.38. The number of hydrogen-bond donors (Lipinski definition) is 0. The Hall–Kier alpha value is -2.17. The zero-order chi connectivity index (χ0) is 14.2. The van der Waals surface area contributed by atoms with Gasteiger partial charge >= 0.3 is 0 Å². The van der Waals surface area contributed by atoms with Gasteiger partial charge in [0.2, 0.25) is 0 Å². The lowest BCUT2D eigenvalue weighted by Gasteiger charge is -2.06. The van der Waals surface area contributed by atoms with Crippen LogP contribution in [0, 0.1) is 17.0 Å². The second-order valence-corrected chi connectivity index (χ2v) is 5.01. The van der Waals surface area contributed by atoms with Gasteiger partial charge in [-0.1, -0.05) is 26.0 Å². The molecule has 5 heteroatoms. The number of hydrogen-bond acceptors (Lipinski definition) is 3. The first-order valence-electron chi connectivity index (χ1n) is 6.19. The lowest BCUT2D eigenvalue weighted by atomic mass is 9.98. The van der Waals surface area contributed by atoms with Gasteiger partial charge in [0, 0.05) is 30.4 Å². The average molecular weight is 259 g/mol. The first kappa shape index (κ1) is 13.3. The predicted octanol–water partition coefficient (Wildman–Crippen LogP) is 3.43.